The number of hydrogen-bond donors (Lipinski definition) is 0. The maximum atomic E-state index is 12.9. The quantitative estimate of drug-likeness (QED) is 0.538. The van der Waals surface area contributed by atoms with Crippen LogP contribution in [0.5, 0.6) is 0 Å². The summed E-state index contributed by atoms with van der Waals surface area (Å²) < 4.78 is 4.89. The van der Waals surface area contributed by atoms with E-state index in [2.05, 4.69) is 13.2 Å². The first-order valence-corrected chi connectivity index (χ1v) is 7.99. The minimum atomic E-state index is -0.773. The summed E-state index contributed by atoms with van der Waals surface area (Å²) in [5.74, 6) is 0.440. The van der Waals surface area contributed by atoms with Crippen LogP contribution in [0.15, 0.2) is 55.6 Å². The second kappa shape index (κ2) is 7.51. The molecule has 0 amide bonds. The number of esters is 1. The van der Waals surface area contributed by atoms with Crippen LogP contribution in [-0.2, 0) is 14.3 Å². The van der Waals surface area contributed by atoms with Crippen LogP contribution in [-0.4, -0.2) is 17.3 Å². The Morgan fingerprint density at radius 2 is 1.81 bits per heavy atom. The molecule has 0 fully saturated rings. The zero-order chi connectivity index (χ0) is 15.9. The molecule has 0 aliphatic heterocycles. The van der Waals surface area contributed by atoms with Crippen molar-refractivity contribution in [2.75, 3.05) is 5.75 Å². The third-order valence-corrected chi connectivity index (χ3v) is 4.31. The van der Waals surface area contributed by atoms with Gasteiger partial charge in [-0.05, 0) is 32.8 Å². The molecule has 1 rings (SSSR count). The molecular formula is C18H24O2S. The molecule has 1 aromatic rings. The Hall–Kier alpha value is -1.48. The van der Waals surface area contributed by atoms with Crippen molar-refractivity contribution in [1.29, 1.82) is 0 Å². The second-order valence-electron chi connectivity index (χ2n) is 5.79. The summed E-state index contributed by atoms with van der Waals surface area (Å²) in [4.78, 5) is 12.9. The molecule has 0 saturated heterocycles. The smallest absolute Gasteiger partial charge is 0.327 e. The summed E-state index contributed by atoms with van der Waals surface area (Å²) in [6.45, 7) is 13.2. The number of allylic oxidation sites excluding steroid dienone is 1. The number of hydrogen-bond acceptors (Lipinski definition) is 3. The molecule has 1 atom stereocenters. The Morgan fingerprint density at radius 3 is 2.29 bits per heavy atom. The van der Waals surface area contributed by atoms with Crippen LogP contribution >= 0.6 is 11.8 Å². The van der Waals surface area contributed by atoms with Gasteiger partial charge in [0.15, 0.2) is 0 Å². The molecule has 3 heteroatoms. The van der Waals surface area contributed by atoms with Crippen molar-refractivity contribution in [2.24, 2.45) is 0 Å². The maximum Gasteiger partial charge on any atom is 0.327 e. The number of carbonyl (C=O) groups is 1. The van der Waals surface area contributed by atoms with E-state index in [9.17, 15) is 4.79 Å². The van der Waals surface area contributed by atoms with Crippen molar-refractivity contribution < 1.29 is 9.53 Å². The monoisotopic (exact) mass is 304 g/mol. The van der Waals surface area contributed by atoms with Gasteiger partial charge < -0.3 is 4.74 Å². The van der Waals surface area contributed by atoms with Crippen molar-refractivity contribution in [3.8, 4) is 0 Å². The van der Waals surface area contributed by atoms with E-state index >= 15 is 0 Å². The largest absolute Gasteiger partial charge is 0.459 e. The zero-order valence-electron chi connectivity index (χ0n) is 13.1. The van der Waals surface area contributed by atoms with Crippen LogP contribution in [0.25, 0.3) is 0 Å². The molecule has 0 aliphatic rings. The standard InChI is InChI=1S/C18H24O2S/c1-6-13-18(21-14-7-2,15-11-9-8-10-12-15)16(19)20-17(3,4)5/h6-12H,1-2,13-14H2,3-5H3. The number of ether oxygens (including phenoxy) is 1. The van der Waals surface area contributed by atoms with Crippen molar-refractivity contribution in [3.63, 3.8) is 0 Å². The highest BCUT2D eigenvalue weighted by Crippen LogP contribution is 2.42. The number of benzene rings is 1. The Labute approximate surface area is 132 Å². The van der Waals surface area contributed by atoms with Gasteiger partial charge >= 0.3 is 5.97 Å². The molecule has 0 N–H and O–H groups in total. The molecular weight excluding hydrogens is 280 g/mol. The first-order chi connectivity index (χ1) is 9.85. The lowest BCUT2D eigenvalue weighted by molar-refractivity contribution is -0.158. The highest BCUT2D eigenvalue weighted by Gasteiger charge is 2.42. The van der Waals surface area contributed by atoms with Gasteiger partial charge in [-0.3, -0.25) is 4.79 Å². The Bertz CT molecular complexity index is 488. The topological polar surface area (TPSA) is 26.3 Å². The molecule has 0 saturated carbocycles. The van der Waals surface area contributed by atoms with E-state index in [0.29, 0.717) is 12.2 Å². The summed E-state index contributed by atoms with van der Waals surface area (Å²) in [6, 6.07) is 9.74. The van der Waals surface area contributed by atoms with E-state index in [1.807, 2.05) is 51.1 Å². The van der Waals surface area contributed by atoms with Crippen molar-refractivity contribution >= 4 is 17.7 Å². The molecule has 1 aromatic carbocycles. The van der Waals surface area contributed by atoms with Gasteiger partial charge in [0.1, 0.15) is 10.3 Å². The molecule has 1 unspecified atom stereocenters. The molecule has 21 heavy (non-hydrogen) atoms. The minimum absolute atomic E-state index is 0.229. The van der Waals surface area contributed by atoms with E-state index in [4.69, 9.17) is 4.74 Å². The first-order valence-electron chi connectivity index (χ1n) is 7.00. The lowest BCUT2D eigenvalue weighted by atomic mass is 9.94. The summed E-state index contributed by atoms with van der Waals surface area (Å²) in [5.41, 5.74) is 0.415. The van der Waals surface area contributed by atoms with Gasteiger partial charge in [0.25, 0.3) is 0 Å². The van der Waals surface area contributed by atoms with Crippen LogP contribution in [0.1, 0.15) is 32.8 Å². The fourth-order valence-electron chi connectivity index (χ4n) is 1.99. The van der Waals surface area contributed by atoms with Crippen molar-refractivity contribution in [1.82, 2.24) is 0 Å². The molecule has 0 aromatic heterocycles. The highest BCUT2D eigenvalue weighted by molar-refractivity contribution is 8.01. The average molecular weight is 304 g/mol. The SMILES string of the molecule is C=CCSC(CC=C)(C(=O)OC(C)(C)C)c1ccccc1. The van der Waals surface area contributed by atoms with Crippen molar-refractivity contribution in [3.05, 3.63) is 61.2 Å². The minimum Gasteiger partial charge on any atom is -0.459 e. The molecule has 0 spiro atoms. The van der Waals surface area contributed by atoms with Gasteiger partial charge in [-0.2, -0.15) is 0 Å². The van der Waals surface area contributed by atoms with Crippen LogP contribution in [0.2, 0.25) is 0 Å². The number of carbonyl (C=O) groups excluding carboxylic acids is 1. The molecule has 0 bridgehead atoms. The fourth-order valence-corrected chi connectivity index (χ4v) is 3.09. The summed E-state index contributed by atoms with van der Waals surface area (Å²) in [5, 5.41) is 0. The summed E-state index contributed by atoms with van der Waals surface area (Å²) in [6.07, 6.45) is 4.09. The maximum absolute atomic E-state index is 12.9. The average Bonchev–Trinajstić information content (AvgIpc) is 2.42. The predicted octanol–water partition coefficient (Wildman–Crippen LogP) is 4.72. The van der Waals surface area contributed by atoms with Gasteiger partial charge in [-0.1, -0.05) is 42.5 Å². The third kappa shape index (κ3) is 4.78. The van der Waals surface area contributed by atoms with Gasteiger partial charge in [0, 0.05) is 5.75 Å². The van der Waals surface area contributed by atoms with Crippen LogP contribution in [0.3, 0.4) is 0 Å². The summed E-state index contributed by atoms with van der Waals surface area (Å²) >= 11 is 1.53. The third-order valence-electron chi connectivity index (χ3n) is 2.85. The van der Waals surface area contributed by atoms with E-state index in [1.54, 1.807) is 12.2 Å². The lowest BCUT2D eigenvalue weighted by Gasteiger charge is -2.33. The van der Waals surface area contributed by atoms with E-state index in [-0.39, 0.29) is 5.97 Å². The lowest BCUT2D eigenvalue weighted by Crippen LogP contribution is -2.39. The van der Waals surface area contributed by atoms with Crippen LogP contribution in [0, 0.1) is 0 Å². The van der Waals surface area contributed by atoms with Crippen LogP contribution in [0.4, 0.5) is 0 Å². The van der Waals surface area contributed by atoms with Gasteiger partial charge in [-0.25, -0.2) is 0 Å². The number of rotatable bonds is 7. The normalized spacial score (nSPS) is 14.0. The fraction of sp³-hybridized carbons (Fsp3) is 0.389. The van der Waals surface area contributed by atoms with E-state index < -0.39 is 10.3 Å². The second-order valence-corrected chi connectivity index (χ2v) is 7.11. The predicted molar refractivity (Wildman–Crippen MR) is 91.4 cm³/mol. The van der Waals surface area contributed by atoms with Gasteiger partial charge in [-0.15, -0.1) is 24.9 Å². The van der Waals surface area contributed by atoms with E-state index in [0.717, 1.165) is 5.56 Å². The first kappa shape index (κ1) is 17.6. The Morgan fingerprint density at radius 1 is 1.19 bits per heavy atom. The zero-order valence-corrected chi connectivity index (χ0v) is 13.9. The Balaban J connectivity index is 3.27. The molecule has 0 aliphatic carbocycles. The van der Waals surface area contributed by atoms with Crippen LogP contribution < -0.4 is 0 Å². The highest BCUT2D eigenvalue weighted by atomic mass is 32.2. The molecule has 0 radical (unpaired) electrons. The van der Waals surface area contributed by atoms with E-state index in [1.165, 1.54) is 11.8 Å². The molecule has 2 nitrogen and oxygen atoms in total. The Kier molecular flexibility index (Phi) is 6.28. The number of thioether (sulfide) groups is 1. The molecule has 114 valence electrons. The van der Waals surface area contributed by atoms with Gasteiger partial charge in [0.05, 0.1) is 0 Å². The van der Waals surface area contributed by atoms with Crippen molar-refractivity contribution in [2.45, 2.75) is 37.5 Å². The van der Waals surface area contributed by atoms with Gasteiger partial charge in [0.2, 0.25) is 0 Å². The molecule has 0 heterocycles. The summed E-state index contributed by atoms with van der Waals surface area (Å²) in [7, 11) is 0.